The quantitative estimate of drug-likeness (QED) is 0.890. The molecular formula is C15H23FN2. The predicted molar refractivity (Wildman–Crippen MR) is 73.1 cm³/mol. The molecule has 1 unspecified atom stereocenters. The van der Waals surface area contributed by atoms with Gasteiger partial charge in [-0.25, -0.2) is 4.39 Å². The van der Waals surface area contributed by atoms with Crippen LogP contribution < -0.4 is 5.73 Å². The lowest BCUT2D eigenvalue weighted by Crippen LogP contribution is -2.40. The molecule has 1 aromatic carbocycles. The number of benzene rings is 1. The van der Waals surface area contributed by atoms with Crippen molar-refractivity contribution in [3.63, 3.8) is 0 Å². The van der Waals surface area contributed by atoms with Crippen LogP contribution in [0.25, 0.3) is 0 Å². The molecule has 1 heterocycles. The van der Waals surface area contributed by atoms with Crippen LogP contribution in [0.15, 0.2) is 24.3 Å². The van der Waals surface area contributed by atoms with Gasteiger partial charge in [-0.1, -0.05) is 12.1 Å². The minimum Gasteiger partial charge on any atom is -0.330 e. The van der Waals surface area contributed by atoms with Crippen LogP contribution in [0.2, 0.25) is 0 Å². The molecule has 2 nitrogen and oxygen atoms in total. The average Bonchev–Trinajstić information content (AvgIpc) is 2.40. The van der Waals surface area contributed by atoms with Gasteiger partial charge in [-0.15, -0.1) is 0 Å². The average molecular weight is 250 g/mol. The van der Waals surface area contributed by atoms with Crippen molar-refractivity contribution in [2.24, 2.45) is 5.73 Å². The topological polar surface area (TPSA) is 29.3 Å². The van der Waals surface area contributed by atoms with Crippen LogP contribution >= 0.6 is 0 Å². The largest absolute Gasteiger partial charge is 0.330 e. The Morgan fingerprint density at radius 3 is 2.44 bits per heavy atom. The second kappa shape index (κ2) is 6.30. The van der Waals surface area contributed by atoms with Crippen LogP contribution in [0.5, 0.6) is 0 Å². The minimum absolute atomic E-state index is 0.146. The van der Waals surface area contributed by atoms with Crippen LogP contribution in [0.1, 0.15) is 37.7 Å². The highest BCUT2D eigenvalue weighted by molar-refractivity contribution is 5.21. The van der Waals surface area contributed by atoms with Gasteiger partial charge in [0.15, 0.2) is 0 Å². The predicted octanol–water partition coefficient (Wildman–Crippen LogP) is 2.74. The van der Waals surface area contributed by atoms with Gasteiger partial charge in [0.2, 0.25) is 0 Å². The maximum absolute atomic E-state index is 12.9. The van der Waals surface area contributed by atoms with Crippen molar-refractivity contribution < 1.29 is 4.39 Å². The molecule has 1 aliphatic rings. The smallest absolute Gasteiger partial charge is 0.123 e. The summed E-state index contributed by atoms with van der Waals surface area (Å²) in [4.78, 5) is 2.52. The van der Waals surface area contributed by atoms with E-state index in [-0.39, 0.29) is 5.82 Å². The summed E-state index contributed by atoms with van der Waals surface area (Å²) < 4.78 is 12.9. The highest BCUT2D eigenvalue weighted by Crippen LogP contribution is 2.29. The monoisotopic (exact) mass is 250 g/mol. The summed E-state index contributed by atoms with van der Waals surface area (Å²) in [6, 6.07) is 7.58. The molecule has 0 bridgehead atoms. The third-order valence-electron chi connectivity index (χ3n) is 4.08. The van der Waals surface area contributed by atoms with Crippen molar-refractivity contribution in [2.45, 2.75) is 38.1 Å². The Morgan fingerprint density at radius 2 is 1.89 bits per heavy atom. The van der Waals surface area contributed by atoms with E-state index in [4.69, 9.17) is 5.73 Å². The Bertz CT molecular complexity index is 355. The number of nitrogens with zero attached hydrogens (tertiary/aromatic N) is 1. The number of likely N-dealkylation sites (tertiary alicyclic amines) is 1. The molecule has 0 spiro atoms. The van der Waals surface area contributed by atoms with Crippen molar-refractivity contribution in [3.8, 4) is 0 Å². The van der Waals surface area contributed by atoms with Gasteiger partial charge in [-0.2, -0.15) is 0 Å². The fourth-order valence-corrected chi connectivity index (χ4v) is 2.83. The van der Waals surface area contributed by atoms with E-state index in [0.717, 1.165) is 26.1 Å². The summed E-state index contributed by atoms with van der Waals surface area (Å²) in [6.45, 7) is 5.27. The molecule has 100 valence electrons. The lowest BCUT2D eigenvalue weighted by Gasteiger charge is -2.36. The van der Waals surface area contributed by atoms with E-state index >= 15 is 0 Å². The lowest BCUT2D eigenvalue weighted by atomic mass is 9.89. The van der Waals surface area contributed by atoms with E-state index in [9.17, 15) is 4.39 Å². The van der Waals surface area contributed by atoms with Crippen molar-refractivity contribution >= 4 is 0 Å². The molecule has 1 aliphatic heterocycles. The molecule has 18 heavy (non-hydrogen) atoms. The van der Waals surface area contributed by atoms with Gasteiger partial charge in [0.25, 0.3) is 0 Å². The first-order valence-corrected chi connectivity index (χ1v) is 6.90. The van der Waals surface area contributed by atoms with E-state index in [2.05, 4.69) is 11.8 Å². The van der Waals surface area contributed by atoms with E-state index in [0.29, 0.717) is 12.0 Å². The fourth-order valence-electron chi connectivity index (χ4n) is 2.83. The second-order valence-electron chi connectivity index (χ2n) is 5.29. The van der Waals surface area contributed by atoms with Crippen molar-refractivity contribution in [1.29, 1.82) is 0 Å². The van der Waals surface area contributed by atoms with Crippen LogP contribution in [0.3, 0.4) is 0 Å². The number of nitrogens with two attached hydrogens (primary N) is 1. The number of piperidine rings is 1. The molecule has 0 amide bonds. The summed E-state index contributed by atoms with van der Waals surface area (Å²) >= 11 is 0. The van der Waals surface area contributed by atoms with Crippen molar-refractivity contribution in [2.75, 3.05) is 19.6 Å². The van der Waals surface area contributed by atoms with Gasteiger partial charge < -0.3 is 10.6 Å². The molecule has 0 aromatic heterocycles. The van der Waals surface area contributed by atoms with Gasteiger partial charge in [-0.3, -0.25) is 0 Å². The van der Waals surface area contributed by atoms with Crippen molar-refractivity contribution in [3.05, 3.63) is 35.6 Å². The highest BCUT2D eigenvalue weighted by atomic mass is 19.1. The normalized spacial score (nSPS) is 19.9. The molecular weight excluding hydrogens is 227 g/mol. The molecule has 1 saturated heterocycles. The van der Waals surface area contributed by atoms with Crippen LogP contribution in [-0.4, -0.2) is 30.6 Å². The second-order valence-corrected chi connectivity index (χ2v) is 5.29. The summed E-state index contributed by atoms with van der Waals surface area (Å²) in [5.74, 6) is 0.444. The zero-order valence-electron chi connectivity index (χ0n) is 11.1. The maximum atomic E-state index is 12.9. The molecule has 0 radical (unpaired) electrons. The minimum atomic E-state index is -0.146. The molecule has 1 fully saturated rings. The Morgan fingerprint density at radius 1 is 1.28 bits per heavy atom. The van der Waals surface area contributed by atoms with Gasteiger partial charge >= 0.3 is 0 Å². The number of hydrogen-bond donors (Lipinski definition) is 1. The zero-order chi connectivity index (χ0) is 13.0. The first-order chi connectivity index (χ1) is 8.70. The number of halogens is 1. The zero-order valence-corrected chi connectivity index (χ0v) is 11.1. The third kappa shape index (κ3) is 3.30. The Kier molecular flexibility index (Phi) is 4.72. The Hall–Kier alpha value is -0.930. The van der Waals surface area contributed by atoms with E-state index in [1.54, 1.807) is 12.1 Å². The first-order valence-electron chi connectivity index (χ1n) is 6.90. The van der Waals surface area contributed by atoms with Crippen molar-refractivity contribution in [1.82, 2.24) is 4.90 Å². The summed E-state index contributed by atoms with van der Waals surface area (Å²) in [6.07, 6.45) is 3.41. The van der Waals surface area contributed by atoms with Crippen LogP contribution in [0, 0.1) is 5.82 Å². The molecule has 2 rings (SSSR count). The third-order valence-corrected chi connectivity index (χ3v) is 4.08. The molecule has 3 heteroatoms. The highest BCUT2D eigenvalue weighted by Gasteiger charge is 2.23. The molecule has 0 aliphatic carbocycles. The maximum Gasteiger partial charge on any atom is 0.123 e. The van der Waals surface area contributed by atoms with E-state index in [1.807, 2.05) is 12.1 Å². The standard InChI is InChI=1S/C15H23FN2/c1-12(6-9-17)18-10-7-14(8-11-18)13-2-4-15(16)5-3-13/h2-5,12,14H,6-11,17H2,1H3. The summed E-state index contributed by atoms with van der Waals surface area (Å²) in [5, 5.41) is 0. The van der Waals surface area contributed by atoms with Gasteiger partial charge in [0.05, 0.1) is 0 Å². The molecule has 1 aromatic rings. The Balaban J connectivity index is 1.88. The molecule has 2 N–H and O–H groups in total. The van der Waals surface area contributed by atoms with Crippen LogP contribution in [0.4, 0.5) is 4.39 Å². The lowest BCUT2D eigenvalue weighted by molar-refractivity contribution is 0.156. The number of hydrogen-bond acceptors (Lipinski definition) is 2. The molecule has 0 saturated carbocycles. The van der Waals surface area contributed by atoms with E-state index in [1.165, 1.54) is 18.4 Å². The Labute approximate surface area is 109 Å². The summed E-state index contributed by atoms with van der Waals surface area (Å²) in [7, 11) is 0. The van der Waals surface area contributed by atoms with Crippen LogP contribution in [-0.2, 0) is 0 Å². The van der Waals surface area contributed by atoms with E-state index < -0.39 is 0 Å². The van der Waals surface area contributed by atoms with Gasteiger partial charge in [0, 0.05) is 6.04 Å². The fraction of sp³-hybridized carbons (Fsp3) is 0.600. The van der Waals surface area contributed by atoms with Gasteiger partial charge in [-0.05, 0) is 69.4 Å². The van der Waals surface area contributed by atoms with Gasteiger partial charge in [0.1, 0.15) is 5.82 Å². The first kappa shape index (κ1) is 13.5. The SMILES string of the molecule is CC(CCN)N1CCC(c2ccc(F)cc2)CC1. The summed E-state index contributed by atoms with van der Waals surface area (Å²) in [5.41, 5.74) is 6.89. The number of rotatable bonds is 4. The molecule has 1 atom stereocenters.